The minimum Gasteiger partial charge on any atom is -0.339 e. The third-order valence-electron chi connectivity index (χ3n) is 4.61. The van der Waals surface area contributed by atoms with Crippen LogP contribution in [0.15, 0.2) is 0 Å². The van der Waals surface area contributed by atoms with Crippen molar-refractivity contribution in [2.24, 2.45) is 5.92 Å². The smallest absolute Gasteiger partial charge is 0.222 e. The van der Waals surface area contributed by atoms with Gasteiger partial charge < -0.3 is 10.2 Å². The fourth-order valence-corrected chi connectivity index (χ4v) is 3.51. The highest BCUT2D eigenvalue weighted by molar-refractivity contribution is 5.76. The average molecular weight is 252 g/mol. The Morgan fingerprint density at radius 2 is 2.00 bits per heavy atom. The van der Waals surface area contributed by atoms with E-state index in [4.69, 9.17) is 0 Å². The summed E-state index contributed by atoms with van der Waals surface area (Å²) in [5.74, 6) is 1.22. The van der Waals surface area contributed by atoms with Gasteiger partial charge in [-0.05, 0) is 38.6 Å². The van der Waals surface area contributed by atoms with E-state index in [9.17, 15) is 4.79 Å². The molecule has 2 aliphatic rings. The van der Waals surface area contributed by atoms with Crippen LogP contribution in [-0.4, -0.2) is 36.5 Å². The van der Waals surface area contributed by atoms with Crippen molar-refractivity contribution in [3.8, 4) is 0 Å². The Balaban J connectivity index is 1.76. The second-order valence-corrected chi connectivity index (χ2v) is 5.87. The summed E-state index contributed by atoms with van der Waals surface area (Å²) in [6, 6.07) is 0.444. The fraction of sp³-hybridized carbons (Fsp3) is 0.933. The number of amides is 1. The van der Waals surface area contributed by atoms with Crippen molar-refractivity contribution in [1.29, 1.82) is 0 Å². The van der Waals surface area contributed by atoms with Crippen molar-refractivity contribution in [2.75, 3.05) is 19.6 Å². The molecule has 0 aromatic carbocycles. The fourth-order valence-electron chi connectivity index (χ4n) is 3.51. The number of carbonyl (C=O) groups excluding carboxylic acids is 1. The first-order chi connectivity index (χ1) is 8.81. The topological polar surface area (TPSA) is 32.3 Å². The van der Waals surface area contributed by atoms with Crippen molar-refractivity contribution < 1.29 is 4.79 Å². The molecule has 0 aromatic heterocycles. The van der Waals surface area contributed by atoms with E-state index in [0.717, 1.165) is 38.4 Å². The summed E-state index contributed by atoms with van der Waals surface area (Å²) in [7, 11) is 0. The molecule has 1 saturated carbocycles. The number of piperidine rings is 1. The van der Waals surface area contributed by atoms with Gasteiger partial charge in [0.1, 0.15) is 0 Å². The van der Waals surface area contributed by atoms with E-state index in [1.807, 2.05) is 0 Å². The van der Waals surface area contributed by atoms with E-state index in [-0.39, 0.29) is 0 Å². The Morgan fingerprint density at radius 1 is 1.22 bits per heavy atom. The first kappa shape index (κ1) is 13.9. The Labute approximate surface area is 111 Å². The lowest BCUT2D eigenvalue weighted by molar-refractivity contribution is -0.134. The minimum absolute atomic E-state index is 0.387. The van der Waals surface area contributed by atoms with Crippen LogP contribution in [0.3, 0.4) is 0 Å². The molecule has 2 rings (SSSR count). The Kier molecular flexibility index (Phi) is 5.48. The molecule has 1 aliphatic carbocycles. The van der Waals surface area contributed by atoms with Gasteiger partial charge in [-0.2, -0.15) is 0 Å². The zero-order chi connectivity index (χ0) is 12.8. The van der Waals surface area contributed by atoms with Gasteiger partial charge in [-0.15, -0.1) is 0 Å². The second kappa shape index (κ2) is 7.13. The predicted octanol–water partition coefficient (Wildman–Crippen LogP) is 2.56. The average Bonchev–Trinajstić information content (AvgIpc) is 2.92. The van der Waals surface area contributed by atoms with E-state index in [2.05, 4.69) is 17.1 Å². The molecule has 0 aromatic rings. The Hall–Kier alpha value is -0.570. The molecule has 3 heteroatoms. The predicted molar refractivity (Wildman–Crippen MR) is 74.5 cm³/mol. The van der Waals surface area contributed by atoms with Gasteiger partial charge in [-0.25, -0.2) is 0 Å². The summed E-state index contributed by atoms with van der Waals surface area (Å²) in [6.07, 6.45) is 9.73. The van der Waals surface area contributed by atoms with Crippen LogP contribution in [0.25, 0.3) is 0 Å². The zero-order valence-corrected chi connectivity index (χ0v) is 11.8. The standard InChI is InChI=1S/C15H28N2O/c1-2-17(14-8-5-11-16-12-14)15(18)10-9-13-6-3-4-7-13/h13-14,16H,2-12H2,1H3. The van der Waals surface area contributed by atoms with Gasteiger partial charge in [-0.1, -0.05) is 25.7 Å². The molecule has 0 bridgehead atoms. The maximum Gasteiger partial charge on any atom is 0.222 e. The van der Waals surface area contributed by atoms with Crippen molar-refractivity contribution in [1.82, 2.24) is 10.2 Å². The highest BCUT2D eigenvalue weighted by Crippen LogP contribution is 2.28. The lowest BCUT2D eigenvalue weighted by atomic mass is 10.00. The third kappa shape index (κ3) is 3.71. The number of nitrogens with zero attached hydrogens (tertiary/aromatic N) is 1. The number of rotatable bonds is 5. The SMILES string of the molecule is CCN(C(=O)CCC1CCCC1)C1CCCNC1. The van der Waals surface area contributed by atoms with Crippen LogP contribution >= 0.6 is 0 Å². The van der Waals surface area contributed by atoms with Gasteiger partial charge in [-0.3, -0.25) is 4.79 Å². The summed E-state index contributed by atoms with van der Waals surface area (Å²) in [4.78, 5) is 14.4. The molecule has 18 heavy (non-hydrogen) atoms. The second-order valence-electron chi connectivity index (χ2n) is 5.87. The Bertz CT molecular complexity index is 255. The molecular formula is C15H28N2O. The van der Waals surface area contributed by atoms with Crippen LogP contribution in [0.4, 0.5) is 0 Å². The van der Waals surface area contributed by atoms with Crippen LogP contribution in [0.5, 0.6) is 0 Å². The van der Waals surface area contributed by atoms with Crippen molar-refractivity contribution >= 4 is 5.91 Å². The summed E-state index contributed by atoms with van der Waals surface area (Å²) >= 11 is 0. The molecular weight excluding hydrogens is 224 g/mol. The first-order valence-corrected chi connectivity index (χ1v) is 7.81. The molecule has 3 nitrogen and oxygen atoms in total. The molecule has 1 N–H and O–H groups in total. The summed E-state index contributed by atoms with van der Waals surface area (Å²) < 4.78 is 0. The van der Waals surface area contributed by atoms with Crippen LogP contribution in [0.2, 0.25) is 0 Å². The van der Waals surface area contributed by atoms with Crippen LogP contribution in [-0.2, 0) is 4.79 Å². The van der Waals surface area contributed by atoms with Gasteiger partial charge in [0, 0.05) is 25.6 Å². The normalized spacial score (nSPS) is 25.3. The highest BCUT2D eigenvalue weighted by Gasteiger charge is 2.24. The lowest BCUT2D eigenvalue weighted by Gasteiger charge is -2.34. The zero-order valence-electron chi connectivity index (χ0n) is 11.8. The number of carbonyl (C=O) groups is 1. The number of likely N-dealkylation sites (N-methyl/N-ethyl adjacent to an activating group) is 1. The first-order valence-electron chi connectivity index (χ1n) is 7.81. The molecule has 1 saturated heterocycles. The van der Waals surface area contributed by atoms with Crippen molar-refractivity contribution in [3.63, 3.8) is 0 Å². The Morgan fingerprint density at radius 3 is 2.61 bits per heavy atom. The van der Waals surface area contributed by atoms with Gasteiger partial charge >= 0.3 is 0 Å². The molecule has 1 unspecified atom stereocenters. The molecule has 1 amide bonds. The molecule has 1 atom stereocenters. The summed E-state index contributed by atoms with van der Waals surface area (Å²) in [5.41, 5.74) is 0. The summed E-state index contributed by atoms with van der Waals surface area (Å²) in [5, 5.41) is 3.41. The number of nitrogens with one attached hydrogen (secondary N) is 1. The quantitative estimate of drug-likeness (QED) is 0.815. The summed E-state index contributed by atoms with van der Waals surface area (Å²) in [6.45, 7) is 5.09. The van der Waals surface area contributed by atoms with E-state index in [1.54, 1.807) is 0 Å². The maximum atomic E-state index is 12.3. The third-order valence-corrected chi connectivity index (χ3v) is 4.61. The molecule has 1 heterocycles. The van der Waals surface area contributed by atoms with E-state index < -0.39 is 0 Å². The number of hydrogen-bond donors (Lipinski definition) is 1. The van der Waals surface area contributed by atoms with Gasteiger partial charge in [0.15, 0.2) is 0 Å². The van der Waals surface area contributed by atoms with Crippen molar-refractivity contribution in [3.05, 3.63) is 0 Å². The lowest BCUT2D eigenvalue weighted by Crippen LogP contribution is -2.48. The van der Waals surface area contributed by atoms with Gasteiger partial charge in [0.2, 0.25) is 5.91 Å². The van der Waals surface area contributed by atoms with E-state index in [1.165, 1.54) is 38.5 Å². The van der Waals surface area contributed by atoms with Crippen molar-refractivity contribution in [2.45, 2.75) is 64.3 Å². The van der Waals surface area contributed by atoms with Crippen LogP contribution < -0.4 is 5.32 Å². The maximum absolute atomic E-state index is 12.3. The van der Waals surface area contributed by atoms with Gasteiger partial charge in [0.05, 0.1) is 0 Å². The van der Waals surface area contributed by atoms with Crippen LogP contribution in [0.1, 0.15) is 58.3 Å². The van der Waals surface area contributed by atoms with E-state index >= 15 is 0 Å². The van der Waals surface area contributed by atoms with E-state index in [0.29, 0.717) is 11.9 Å². The molecule has 0 radical (unpaired) electrons. The molecule has 1 aliphatic heterocycles. The molecule has 104 valence electrons. The highest BCUT2D eigenvalue weighted by atomic mass is 16.2. The van der Waals surface area contributed by atoms with Crippen LogP contribution in [0, 0.1) is 5.92 Å². The monoisotopic (exact) mass is 252 g/mol. The minimum atomic E-state index is 0.387. The molecule has 0 spiro atoms. The molecule has 2 fully saturated rings. The number of hydrogen-bond acceptors (Lipinski definition) is 2. The largest absolute Gasteiger partial charge is 0.339 e. The van der Waals surface area contributed by atoms with Gasteiger partial charge in [0.25, 0.3) is 0 Å².